The second kappa shape index (κ2) is 6.66. The van der Waals surface area contributed by atoms with Crippen LogP contribution in [-0.2, 0) is 4.79 Å². The van der Waals surface area contributed by atoms with Crippen molar-refractivity contribution in [1.29, 1.82) is 0 Å². The van der Waals surface area contributed by atoms with Gasteiger partial charge in [0.25, 0.3) is 0 Å². The molecule has 0 aliphatic carbocycles. The van der Waals surface area contributed by atoms with Crippen molar-refractivity contribution in [2.24, 2.45) is 17.1 Å². The van der Waals surface area contributed by atoms with Gasteiger partial charge in [-0.15, -0.1) is 0 Å². The van der Waals surface area contributed by atoms with Crippen molar-refractivity contribution in [3.05, 3.63) is 0 Å². The van der Waals surface area contributed by atoms with E-state index in [1.807, 2.05) is 0 Å². The average molecular weight is 295 g/mol. The highest BCUT2D eigenvalue weighted by Gasteiger charge is 2.37. The molecule has 0 aromatic rings. The molecule has 1 amide bonds. The van der Waals surface area contributed by atoms with Gasteiger partial charge >= 0.3 is 0 Å². The van der Waals surface area contributed by atoms with Gasteiger partial charge in [0.2, 0.25) is 5.91 Å². The first-order valence-electron chi connectivity index (χ1n) is 8.56. The molecule has 2 rings (SSSR count). The van der Waals surface area contributed by atoms with Crippen LogP contribution in [0.1, 0.15) is 53.4 Å². The SMILES string of the molecule is CC1CN2CCCCC2CN1C(=O)C(CN)CC(C)(C)C. The zero-order valence-electron chi connectivity index (χ0n) is 14.3. The van der Waals surface area contributed by atoms with Gasteiger partial charge in [0.05, 0.1) is 5.92 Å². The number of amides is 1. The Morgan fingerprint density at radius 3 is 2.62 bits per heavy atom. The number of hydrogen-bond acceptors (Lipinski definition) is 3. The fourth-order valence-electron chi connectivity index (χ4n) is 3.90. The summed E-state index contributed by atoms with van der Waals surface area (Å²) in [6.45, 7) is 12.4. The van der Waals surface area contributed by atoms with Gasteiger partial charge in [-0.1, -0.05) is 27.2 Å². The van der Waals surface area contributed by atoms with Crippen LogP contribution in [0.2, 0.25) is 0 Å². The molecule has 0 spiro atoms. The molecule has 2 aliphatic rings. The number of piperidine rings is 1. The Morgan fingerprint density at radius 2 is 2.00 bits per heavy atom. The Morgan fingerprint density at radius 1 is 1.29 bits per heavy atom. The fourth-order valence-corrected chi connectivity index (χ4v) is 3.90. The van der Waals surface area contributed by atoms with Crippen LogP contribution in [-0.4, -0.2) is 54.0 Å². The third-order valence-electron chi connectivity index (χ3n) is 4.96. The summed E-state index contributed by atoms with van der Waals surface area (Å²) in [7, 11) is 0. The lowest BCUT2D eigenvalue weighted by atomic mass is 9.83. The van der Waals surface area contributed by atoms with Gasteiger partial charge in [-0.3, -0.25) is 9.69 Å². The third kappa shape index (κ3) is 4.19. The average Bonchev–Trinajstić information content (AvgIpc) is 2.42. The predicted molar refractivity (Wildman–Crippen MR) is 87.0 cm³/mol. The maximum atomic E-state index is 12.9. The zero-order valence-corrected chi connectivity index (χ0v) is 14.3. The Bertz CT molecular complexity index is 364. The number of fused-ring (bicyclic) bond motifs is 1. The van der Waals surface area contributed by atoms with Crippen LogP contribution >= 0.6 is 0 Å². The van der Waals surface area contributed by atoms with Crippen LogP contribution in [0.4, 0.5) is 0 Å². The van der Waals surface area contributed by atoms with Gasteiger partial charge in [-0.2, -0.15) is 0 Å². The minimum atomic E-state index is -0.0254. The van der Waals surface area contributed by atoms with Crippen LogP contribution in [0.25, 0.3) is 0 Å². The van der Waals surface area contributed by atoms with Crippen molar-refractivity contribution < 1.29 is 4.79 Å². The summed E-state index contributed by atoms with van der Waals surface area (Å²) >= 11 is 0. The third-order valence-corrected chi connectivity index (χ3v) is 4.96. The lowest BCUT2D eigenvalue weighted by Gasteiger charge is -2.48. The Balaban J connectivity index is 2.03. The molecule has 2 heterocycles. The number of carbonyl (C=O) groups excluding carboxylic acids is 1. The molecule has 2 saturated heterocycles. The molecule has 0 aromatic carbocycles. The Kier molecular flexibility index (Phi) is 5.31. The molecule has 4 nitrogen and oxygen atoms in total. The van der Waals surface area contributed by atoms with Crippen LogP contribution in [0.3, 0.4) is 0 Å². The number of piperazine rings is 1. The molecule has 0 radical (unpaired) electrons. The highest BCUT2D eigenvalue weighted by atomic mass is 16.2. The second-order valence-electron chi connectivity index (χ2n) is 8.18. The monoisotopic (exact) mass is 295 g/mol. The van der Waals surface area contributed by atoms with Crippen LogP contribution in [0, 0.1) is 11.3 Å². The van der Waals surface area contributed by atoms with Gasteiger partial charge in [-0.05, 0) is 38.1 Å². The molecule has 3 atom stereocenters. The molecule has 21 heavy (non-hydrogen) atoms. The van der Waals surface area contributed by atoms with E-state index < -0.39 is 0 Å². The summed E-state index contributed by atoms with van der Waals surface area (Å²) in [4.78, 5) is 17.6. The second-order valence-corrected chi connectivity index (χ2v) is 8.18. The molecule has 3 unspecified atom stereocenters. The molecule has 2 fully saturated rings. The van der Waals surface area contributed by atoms with Crippen molar-refractivity contribution in [3.8, 4) is 0 Å². The molecular formula is C17H33N3O. The highest BCUT2D eigenvalue weighted by molar-refractivity contribution is 5.79. The minimum Gasteiger partial charge on any atom is -0.337 e. The maximum absolute atomic E-state index is 12.9. The van der Waals surface area contributed by atoms with Gasteiger partial charge in [0.1, 0.15) is 0 Å². The molecule has 2 aliphatic heterocycles. The van der Waals surface area contributed by atoms with Crippen molar-refractivity contribution in [2.45, 2.75) is 65.5 Å². The summed E-state index contributed by atoms with van der Waals surface area (Å²) in [5, 5.41) is 0. The van der Waals surface area contributed by atoms with Crippen LogP contribution in [0.15, 0.2) is 0 Å². The first kappa shape index (κ1) is 16.8. The van der Waals surface area contributed by atoms with E-state index in [1.54, 1.807) is 0 Å². The molecular weight excluding hydrogens is 262 g/mol. The normalized spacial score (nSPS) is 29.1. The van der Waals surface area contributed by atoms with E-state index >= 15 is 0 Å². The van der Waals surface area contributed by atoms with E-state index in [4.69, 9.17) is 5.73 Å². The van der Waals surface area contributed by atoms with Crippen molar-refractivity contribution in [3.63, 3.8) is 0 Å². The van der Waals surface area contributed by atoms with Gasteiger partial charge in [0.15, 0.2) is 0 Å². The van der Waals surface area contributed by atoms with E-state index in [1.165, 1.54) is 25.8 Å². The summed E-state index contributed by atoms with van der Waals surface area (Å²) in [6.07, 6.45) is 4.73. The Labute approximate surface area is 130 Å². The predicted octanol–water partition coefficient (Wildman–Crippen LogP) is 2.08. The number of rotatable bonds is 3. The molecule has 4 heteroatoms. The quantitative estimate of drug-likeness (QED) is 0.867. The first-order chi connectivity index (χ1) is 9.81. The number of nitrogens with zero attached hydrogens (tertiary/aromatic N) is 2. The maximum Gasteiger partial charge on any atom is 0.227 e. The van der Waals surface area contributed by atoms with E-state index in [9.17, 15) is 4.79 Å². The number of nitrogens with two attached hydrogens (primary N) is 1. The smallest absolute Gasteiger partial charge is 0.227 e. The van der Waals surface area contributed by atoms with E-state index in [0.29, 0.717) is 18.6 Å². The minimum absolute atomic E-state index is 0.0254. The topological polar surface area (TPSA) is 49.6 Å². The highest BCUT2D eigenvalue weighted by Crippen LogP contribution is 2.29. The summed E-state index contributed by atoms with van der Waals surface area (Å²) in [5.41, 5.74) is 6.06. The van der Waals surface area contributed by atoms with Gasteiger partial charge in [0, 0.05) is 31.7 Å². The van der Waals surface area contributed by atoms with E-state index in [0.717, 1.165) is 19.5 Å². The molecule has 2 N–H and O–H groups in total. The molecule has 122 valence electrons. The van der Waals surface area contributed by atoms with Crippen molar-refractivity contribution in [1.82, 2.24) is 9.80 Å². The summed E-state index contributed by atoms with van der Waals surface area (Å²) < 4.78 is 0. The molecule has 0 saturated carbocycles. The van der Waals surface area contributed by atoms with Gasteiger partial charge < -0.3 is 10.6 Å². The number of hydrogen-bond donors (Lipinski definition) is 1. The first-order valence-corrected chi connectivity index (χ1v) is 8.56. The zero-order chi connectivity index (χ0) is 15.6. The van der Waals surface area contributed by atoms with E-state index in [-0.39, 0.29) is 17.2 Å². The van der Waals surface area contributed by atoms with Crippen LogP contribution < -0.4 is 5.73 Å². The fraction of sp³-hybridized carbons (Fsp3) is 0.941. The molecule has 0 bridgehead atoms. The summed E-state index contributed by atoms with van der Waals surface area (Å²) in [6, 6.07) is 0.896. The largest absolute Gasteiger partial charge is 0.337 e. The number of carbonyl (C=O) groups is 1. The van der Waals surface area contributed by atoms with Crippen molar-refractivity contribution >= 4 is 5.91 Å². The lowest BCUT2D eigenvalue weighted by molar-refractivity contribution is -0.143. The van der Waals surface area contributed by atoms with E-state index in [2.05, 4.69) is 37.5 Å². The Hall–Kier alpha value is -0.610. The lowest BCUT2D eigenvalue weighted by Crippen LogP contribution is -2.61. The summed E-state index contributed by atoms with van der Waals surface area (Å²) in [5.74, 6) is 0.257. The van der Waals surface area contributed by atoms with Crippen LogP contribution in [0.5, 0.6) is 0 Å². The molecule has 0 aromatic heterocycles. The van der Waals surface area contributed by atoms with Gasteiger partial charge in [-0.25, -0.2) is 0 Å². The van der Waals surface area contributed by atoms with Crippen molar-refractivity contribution in [2.75, 3.05) is 26.2 Å². The standard InChI is InChI=1S/C17H33N3O/c1-13-11-19-8-6-5-7-15(19)12-20(13)16(21)14(10-18)9-17(2,3)4/h13-15H,5-12,18H2,1-4H3.